The number of anilines is 1. The van der Waals surface area contributed by atoms with Crippen molar-refractivity contribution >= 4 is 17.5 Å². The number of carbonyl (C=O) groups is 2. The highest BCUT2D eigenvalue weighted by atomic mass is 16.2. The van der Waals surface area contributed by atoms with Gasteiger partial charge in [0.05, 0.1) is 11.3 Å². The number of hydrogen-bond acceptors (Lipinski definition) is 3. The van der Waals surface area contributed by atoms with Crippen LogP contribution in [-0.4, -0.2) is 27.6 Å². The number of carbonyl (C=O) groups excluding carboxylic acids is 2. The highest BCUT2D eigenvalue weighted by molar-refractivity contribution is 6.08. The quantitative estimate of drug-likeness (QED) is 0.432. The molecule has 0 radical (unpaired) electrons. The van der Waals surface area contributed by atoms with Gasteiger partial charge in [0.25, 0.3) is 11.8 Å². The molecule has 0 unspecified atom stereocenters. The van der Waals surface area contributed by atoms with Gasteiger partial charge in [-0.25, -0.2) is 4.68 Å². The van der Waals surface area contributed by atoms with Gasteiger partial charge in [0.1, 0.15) is 5.69 Å². The lowest BCUT2D eigenvalue weighted by atomic mass is 10.1. The molecule has 2 amide bonds. The summed E-state index contributed by atoms with van der Waals surface area (Å²) in [6.07, 6.45) is 1.74. The van der Waals surface area contributed by atoms with Crippen LogP contribution < -0.4 is 10.6 Å². The number of para-hydroxylation sites is 1. The van der Waals surface area contributed by atoms with Crippen LogP contribution in [0.1, 0.15) is 40.1 Å². The minimum atomic E-state index is -0.269. The Morgan fingerprint density at radius 3 is 2.15 bits per heavy atom. The summed E-state index contributed by atoms with van der Waals surface area (Å²) in [4.78, 5) is 25.6. The van der Waals surface area contributed by atoms with Gasteiger partial charge in [-0.05, 0) is 56.7 Å². The maximum atomic E-state index is 13.3. The number of nitrogens with zero attached hydrogens (tertiary/aromatic N) is 2. The van der Waals surface area contributed by atoms with E-state index in [2.05, 4.69) is 10.6 Å². The minimum Gasteiger partial charge on any atom is -0.350 e. The zero-order chi connectivity index (χ0) is 23.4. The second-order valence-corrected chi connectivity index (χ2v) is 8.15. The van der Waals surface area contributed by atoms with E-state index >= 15 is 0 Å². The average Bonchev–Trinajstić information content (AvgIpc) is 3.26. The number of benzene rings is 3. The molecule has 0 aliphatic heterocycles. The lowest BCUT2D eigenvalue weighted by Gasteiger charge is -2.12. The van der Waals surface area contributed by atoms with Crippen LogP contribution in [0.5, 0.6) is 0 Å². The Hall–Kier alpha value is -4.19. The van der Waals surface area contributed by atoms with Gasteiger partial charge in [-0.15, -0.1) is 0 Å². The molecule has 166 valence electrons. The van der Waals surface area contributed by atoms with E-state index in [1.165, 1.54) is 0 Å². The van der Waals surface area contributed by atoms with Gasteiger partial charge >= 0.3 is 0 Å². The van der Waals surface area contributed by atoms with Crippen molar-refractivity contribution in [1.29, 1.82) is 0 Å². The van der Waals surface area contributed by atoms with Crippen molar-refractivity contribution < 1.29 is 9.59 Å². The van der Waals surface area contributed by atoms with Crippen molar-refractivity contribution in [2.45, 2.75) is 26.8 Å². The topological polar surface area (TPSA) is 76.0 Å². The Kier molecular flexibility index (Phi) is 6.36. The van der Waals surface area contributed by atoms with E-state index in [1.807, 2.05) is 81.4 Å². The maximum absolute atomic E-state index is 13.3. The molecule has 6 nitrogen and oxygen atoms in total. The summed E-state index contributed by atoms with van der Waals surface area (Å²) < 4.78 is 1.71. The zero-order valence-corrected chi connectivity index (χ0v) is 18.9. The Bertz CT molecular complexity index is 1280. The van der Waals surface area contributed by atoms with E-state index in [0.29, 0.717) is 22.5 Å². The summed E-state index contributed by atoms with van der Waals surface area (Å²) >= 11 is 0. The zero-order valence-electron chi connectivity index (χ0n) is 18.9. The van der Waals surface area contributed by atoms with Crippen molar-refractivity contribution in [3.63, 3.8) is 0 Å². The molecule has 0 aliphatic rings. The molecule has 6 heteroatoms. The summed E-state index contributed by atoms with van der Waals surface area (Å²) in [6, 6.07) is 24.6. The number of rotatable bonds is 6. The number of hydrogen-bond donors (Lipinski definition) is 2. The Balaban J connectivity index is 1.65. The number of nitrogens with one attached hydrogen (secondary N) is 2. The van der Waals surface area contributed by atoms with Gasteiger partial charge in [0, 0.05) is 29.1 Å². The molecule has 0 bridgehead atoms. The van der Waals surface area contributed by atoms with Crippen LogP contribution in [0.3, 0.4) is 0 Å². The second-order valence-electron chi connectivity index (χ2n) is 8.15. The molecule has 0 aliphatic carbocycles. The van der Waals surface area contributed by atoms with Gasteiger partial charge in [-0.3, -0.25) is 9.59 Å². The molecule has 0 atom stereocenters. The monoisotopic (exact) mass is 438 g/mol. The van der Waals surface area contributed by atoms with Gasteiger partial charge in [-0.1, -0.05) is 48.5 Å². The first kappa shape index (κ1) is 22.0. The molecular formula is C27H26N4O2. The van der Waals surface area contributed by atoms with E-state index in [9.17, 15) is 9.59 Å². The standard InChI is InChI=1S/C27H26N4O2/c1-18(2)28-26(32)23-15-14-21(16-19(23)3)29-27(33)24-17-31(22-12-8-5-9-13-22)30-25(24)20-10-6-4-7-11-20/h4-18H,1-3H3,(H,28,32)(H,29,33). The smallest absolute Gasteiger partial charge is 0.259 e. The highest BCUT2D eigenvalue weighted by Gasteiger charge is 2.19. The summed E-state index contributed by atoms with van der Waals surface area (Å²) in [5.74, 6) is -0.398. The van der Waals surface area contributed by atoms with E-state index in [0.717, 1.165) is 16.8 Å². The summed E-state index contributed by atoms with van der Waals surface area (Å²) in [7, 11) is 0. The predicted octanol–water partition coefficient (Wildman–Crippen LogP) is 5.24. The number of aromatic nitrogens is 2. The largest absolute Gasteiger partial charge is 0.350 e. The Morgan fingerprint density at radius 1 is 0.848 bits per heavy atom. The molecular weight excluding hydrogens is 412 g/mol. The molecule has 4 rings (SSSR count). The maximum Gasteiger partial charge on any atom is 0.259 e. The number of amides is 2. The van der Waals surface area contributed by atoms with Crippen LogP contribution in [0.4, 0.5) is 5.69 Å². The lowest BCUT2D eigenvalue weighted by Crippen LogP contribution is -2.30. The third kappa shape index (κ3) is 5.01. The Labute approximate surface area is 193 Å². The van der Waals surface area contributed by atoms with Crippen molar-refractivity contribution in [2.24, 2.45) is 0 Å². The van der Waals surface area contributed by atoms with Crippen molar-refractivity contribution in [1.82, 2.24) is 15.1 Å². The SMILES string of the molecule is Cc1cc(NC(=O)c2cn(-c3ccccc3)nc2-c2ccccc2)ccc1C(=O)NC(C)C. The van der Waals surface area contributed by atoms with E-state index in [-0.39, 0.29) is 17.9 Å². The second kappa shape index (κ2) is 9.53. The van der Waals surface area contributed by atoms with Gasteiger partial charge in [-0.2, -0.15) is 5.10 Å². The third-order valence-electron chi connectivity index (χ3n) is 5.18. The van der Waals surface area contributed by atoms with E-state index < -0.39 is 0 Å². The van der Waals surface area contributed by atoms with E-state index in [1.54, 1.807) is 29.1 Å². The molecule has 1 heterocycles. The van der Waals surface area contributed by atoms with Crippen LogP contribution in [0.25, 0.3) is 16.9 Å². The minimum absolute atomic E-state index is 0.0499. The molecule has 0 fully saturated rings. The molecule has 0 saturated heterocycles. The third-order valence-corrected chi connectivity index (χ3v) is 5.18. The molecule has 1 aromatic heterocycles. The van der Waals surface area contributed by atoms with Crippen molar-refractivity contribution in [2.75, 3.05) is 5.32 Å². The fourth-order valence-corrected chi connectivity index (χ4v) is 3.60. The number of aryl methyl sites for hydroxylation is 1. The van der Waals surface area contributed by atoms with Crippen LogP contribution in [0.15, 0.2) is 85.1 Å². The van der Waals surface area contributed by atoms with Gasteiger partial charge < -0.3 is 10.6 Å². The molecule has 33 heavy (non-hydrogen) atoms. The first-order chi connectivity index (χ1) is 15.9. The first-order valence-electron chi connectivity index (χ1n) is 10.9. The first-order valence-corrected chi connectivity index (χ1v) is 10.9. The normalized spacial score (nSPS) is 10.8. The van der Waals surface area contributed by atoms with Crippen LogP contribution in [0.2, 0.25) is 0 Å². The van der Waals surface area contributed by atoms with Crippen LogP contribution in [0, 0.1) is 6.92 Å². The fourth-order valence-electron chi connectivity index (χ4n) is 3.60. The van der Waals surface area contributed by atoms with Crippen molar-refractivity contribution in [3.8, 4) is 16.9 Å². The predicted molar refractivity (Wildman–Crippen MR) is 131 cm³/mol. The van der Waals surface area contributed by atoms with E-state index in [4.69, 9.17) is 5.10 Å². The Morgan fingerprint density at radius 2 is 1.52 bits per heavy atom. The summed E-state index contributed by atoms with van der Waals surface area (Å²) in [5, 5.41) is 10.5. The van der Waals surface area contributed by atoms with Gasteiger partial charge in [0.2, 0.25) is 0 Å². The molecule has 2 N–H and O–H groups in total. The fraction of sp³-hybridized carbons (Fsp3) is 0.148. The summed E-state index contributed by atoms with van der Waals surface area (Å²) in [5.41, 5.74) is 4.77. The van der Waals surface area contributed by atoms with Crippen LogP contribution in [-0.2, 0) is 0 Å². The lowest BCUT2D eigenvalue weighted by molar-refractivity contribution is 0.0942. The molecule has 4 aromatic rings. The van der Waals surface area contributed by atoms with Gasteiger partial charge in [0.15, 0.2) is 0 Å². The molecule has 3 aromatic carbocycles. The molecule has 0 spiro atoms. The molecule has 0 saturated carbocycles. The van der Waals surface area contributed by atoms with Crippen LogP contribution >= 0.6 is 0 Å². The average molecular weight is 439 g/mol. The van der Waals surface area contributed by atoms with Crippen molar-refractivity contribution in [3.05, 3.63) is 102 Å². The summed E-state index contributed by atoms with van der Waals surface area (Å²) in [6.45, 7) is 5.69. The highest BCUT2D eigenvalue weighted by Crippen LogP contribution is 2.25.